The van der Waals surface area contributed by atoms with Gasteiger partial charge in [0.2, 0.25) is 0 Å². The summed E-state index contributed by atoms with van der Waals surface area (Å²) in [6.07, 6.45) is 5.26. The van der Waals surface area contributed by atoms with E-state index in [2.05, 4.69) is 19.2 Å². The lowest BCUT2D eigenvalue weighted by molar-refractivity contribution is 0.103. The van der Waals surface area contributed by atoms with Gasteiger partial charge in [-0.2, -0.15) is 0 Å². The van der Waals surface area contributed by atoms with Gasteiger partial charge in [0, 0.05) is 13.2 Å². The first-order chi connectivity index (χ1) is 7.20. The minimum absolute atomic E-state index is 0.260. The summed E-state index contributed by atoms with van der Waals surface area (Å²) in [5.41, 5.74) is 6.02. The molecule has 2 atom stereocenters. The Labute approximate surface area is 93.8 Å². The second kappa shape index (κ2) is 6.46. The van der Waals surface area contributed by atoms with Gasteiger partial charge in [0.25, 0.3) is 0 Å². The Balaban J connectivity index is 2.04. The Morgan fingerprint density at radius 3 is 2.87 bits per heavy atom. The van der Waals surface area contributed by atoms with Crippen molar-refractivity contribution in [3.05, 3.63) is 0 Å². The molecule has 0 radical (unpaired) electrons. The molecule has 1 aliphatic rings. The number of hydrogen-bond donors (Lipinski definition) is 2. The summed E-state index contributed by atoms with van der Waals surface area (Å²) >= 11 is 0. The van der Waals surface area contributed by atoms with Crippen molar-refractivity contribution >= 4 is 0 Å². The summed E-state index contributed by atoms with van der Waals surface area (Å²) in [6, 6.07) is 0. The van der Waals surface area contributed by atoms with Crippen molar-refractivity contribution in [2.75, 3.05) is 26.2 Å². The summed E-state index contributed by atoms with van der Waals surface area (Å²) in [5.74, 6) is 0. The molecule has 3 heteroatoms. The monoisotopic (exact) mass is 214 g/mol. The third kappa shape index (κ3) is 4.49. The van der Waals surface area contributed by atoms with Crippen LogP contribution in [0.25, 0.3) is 0 Å². The quantitative estimate of drug-likeness (QED) is 0.632. The molecule has 1 heterocycles. The Bertz CT molecular complexity index is 163. The predicted octanol–water partition coefficient (Wildman–Crippen LogP) is 1.52. The normalized spacial score (nSPS) is 25.4. The number of nitrogens with one attached hydrogen (secondary N) is 1. The van der Waals surface area contributed by atoms with Gasteiger partial charge in [0.05, 0.1) is 6.10 Å². The molecule has 0 aromatic rings. The standard InChI is InChI=1S/C12H26N2O/c1-3-12(2,9-13)10-14-7-6-11-5-4-8-15-11/h11,14H,3-10,13H2,1-2H3. The van der Waals surface area contributed by atoms with Gasteiger partial charge >= 0.3 is 0 Å². The molecule has 3 nitrogen and oxygen atoms in total. The van der Waals surface area contributed by atoms with E-state index in [9.17, 15) is 0 Å². The molecule has 0 aromatic carbocycles. The largest absolute Gasteiger partial charge is 0.378 e. The maximum Gasteiger partial charge on any atom is 0.0588 e. The molecule has 0 saturated carbocycles. The van der Waals surface area contributed by atoms with Crippen molar-refractivity contribution < 1.29 is 4.74 Å². The van der Waals surface area contributed by atoms with Gasteiger partial charge in [0.15, 0.2) is 0 Å². The fraction of sp³-hybridized carbons (Fsp3) is 1.00. The Morgan fingerprint density at radius 2 is 2.33 bits per heavy atom. The molecule has 1 rings (SSSR count). The molecule has 15 heavy (non-hydrogen) atoms. The van der Waals surface area contributed by atoms with Crippen LogP contribution in [0.3, 0.4) is 0 Å². The molecule has 0 aliphatic carbocycles. The smallest absolute Gasteiger partial charge is 0.0588 e. The van der Waals surface area contributed by atoms with E-state index in [0.29, 0.717) is 6.10 Å². The topological polar surface area (TPSA) is 47.3 Å². The van der Waals surface area contributed by atoms with E-state index in [1.165, 1.54) is 12.8 Å². The van der Waals surface area contributed by atoms with Crippen LogP contribution in [0.15, 0.2) is 0 Å². The first-order valence-corrected chi connectivity index (χ1v) is 6.22. The van der Waals surface area contributed by atoms with E-state index in [1.54, 1.807) is 0 Å². The van der Waals surface area contributed by atoms with Gasteiger partial charge in [-0.25, -0.2) is 0 Å². The van der Waals surface area contributed by atoms with Gasteiger partial charge < -0.3 is 15.8 Å². The van der Waals surface area contributed by atoms with E-state index < -0.39 is 0 Å². The van der Waals surface area contributed by atoms with Crippen molar-refractivity contribution in [3.8, 4) is 0 Å². The van der Waals surface area contributed by atoms with Crippen LogP contribution in [0, 0.1) is 5.41 Å². The van der Waals surface area contributed by atoms with Crippen LogP contribution in [0.5, 0.6) is 0 Å². The van der Waals surface area contributed by atoms with Gasteiger partial charge in [-0.15, -0.1) is 0 Å². The van der Waals surface area contributed by atoms with E-state index in [0.717, 1.165) is 39.1 Å². The lowest BCUT2D eigenvalue weighted by Gasteiger charge is -2.26. The molecule has 3 N–H and O–H groups in total. The molecular weight excluding hydrogens is 188 g/mol. The first kappa shape index (κ1) is 12.9. The van der Waals surface area contributed by atoms with Crippen molar-refractivity contribution in [1.29, 1.82) is 0 Å². The maximum absolute atomic E-state index is 5.76. The third-order valence-electron chi connectivity index (χ3n) is 3.57. The molecular formula is C12H26N2O. The first-order valence-electron chi connectivity index (χ1n) is 6.22. The van der Waals surface area contributed by atoms with Crippen LogP contribution >= 0.6 is 0 Å². The predicted molar refractivity (Wildman–Crippen MR) is 63.9 cm³/mol. The fourth-order valence-corrected chi connectivity index (χ4v) is 1.87. The van der Waals surface area contributed by atoms with Gasteiger partial charge in [-0.1, -0.05) is 13.8 Å². The van der Waals surface area contributed by atoms with Crippen molar-refractivity contribution in [2.45, 2.75) is 45.6 Å². The van der Waals surface area contributed by atoms with E-state index in [1.807, 2.05) is 0 Å². The van der Waals surface area contributed by atoms with Crippen molar-refractivity contribution in [1.82, 2.24) is 5.32 Å². The van der Waals surface area contributed by atoms with Crippen molar-refractivity contribution in [2.24, 2.45) is 11.1 Å². The van der Waals surface area contributed by atoms with Crippen LogP contribution in [0.1, 0.15) is 39.5 Å². The second-order valence-corrected chi connectivity index (χ2v) is 4.97. The number of rotatable bonds is 7. The maximum atomic E-state index is 5.76. The van der Waals surface area contributed by atoms with Gasteiger partial charge in [-0.05, 0) is 44.2 Å². The highest BCUT2D eigenvalue weighted by molar-refractivity contribution is 4.76. The molecule has 1 saturated heterocycles. The Kier molecular flexibility index (Phi) is 5.58. The second-order valence-electron chi connectivity index (χ2n) is 4.97. The Hall–Kier alpha value is -0.120. The molecule has 1 fully saturated rings. The SMILES string of the molecule is CCC(C)(CN)CNCCC1CCCO1. The van der Waals surface area contributed by atoms with Crippen LogP contribution in [0.4, 0.5) is 0 Å². The highest BCUT2D eigenvalue weighted by Gasteiger charge is 2.20. The van der Waals surface area contributed by atoms with Crippen LogP contribution in [-0.2, 0) is 4.74 Å². The van der Waals surface area contributed by atoms with Crippen LogP contribution in [-0.4, -0.2) is 32.3 Å². The lowest BCUT2D eigenvalue weighted by atomic mass is 9.88. The fourth-order valence-electron chi connectivity index (χ4n) is 1.87. The summed E-state index contributed by atoms with van der Waals surface area (Å²) in [7, 11) is 0. The zero-order valence-corrected chi connectivity index (χ0v) is 10.2. The molecule has 0 spiro atoms. The van der Waals surface area contributed by atoms with E-state index in [-0.39, 0.29) is 5.41 Å². The zero-order chi connectivity index (χ0) is 11.1. The van der Waals surface area contributed by atoms with Crippen LogP contribution < -0.4 is 11.1 Å². The third-order valence-corrected chi connectivity index (χ3v) is 3.57. The highest BCUT2D eigenvalue weighted by atomic mass is 16.5. The summed E-state index contributed by atoms with van der Waals surface area (Å²) < 4.78 is 5.57. The Morgan fingerprint density at radius 1 is 1.53 bits per heavy atom. The summed E-state index contributed by atoms with van der Waals surface area (Å²) in [6.45, 7) is 8.24. The lowest BCUT2D eigenvalue weighted by Crippen LogP contribution is -2.38. The van der Waals surface area contributed by atoms with Gasteiger partial charge in [0.1, 0.15) is 0 Å². The molecule has 0 bridgehead atoms. The molecule has 1 aliphatic heterocycles. The van der Waals surface area contributed by atoms with Crippen molar-refractivity contribution in [3.63, 3.8) is 0 Å². The van der Waals surface area contributed by atoms with E-state index >= 15 is 0 Å². The minimum atomic E-state index is 0.260. The zero-order valence-electron chi connectivity index (χ0n) is 10.2. The average molecular weight is 214 g/mol. The molecule has 90 valence electrons. The highest BCUT2D eigenvalue weighted by Crippen LogP contribution is 2.18. The summed E-state index contributed by atoms with van der Waals surface area (Å²) in [5, 5.41) is 3.49. The number of hydrogen-bond acceptors (Lipinski definition) is 3. The minimum Gasteiger partial charge on any atom is -0.378 e. The number of ether oxygens (including phenoxy) is 1. The molecule has 2 unspecified atom stereocenters. The van der Waals surface area contributed by atoms with Crippen LogP contribution in [0.2, 0.25) is 0 Å². The summed E-state index contributed by atoms with van der Waals surface area (Å²) in [4.78, 5) is 0. The average Bonchev–Trinajstić information content (AvgIpc) is 2.77. The number of nitrogens with two attached hydrogens (primary N) is 1. The van der Waals surface area contributed by atoms with Gasteiger partial charge in [-0.3, -0.25) is 0 Å². The van der Waals surface area contributed by atoms with E-state index in [4.69, 9.17) is 10.5 Å². The molecule has 0 aromatic heterocycles. The molecule has 0 amide bonds.